The highest BCUT2D eigenvalue weighted by molar-refractivity contribution is 8.18. The molecular weight excluding hydrogens is 428 g/mol. The Morgan fingerprint density at radius 3 is 2.67 bits per heavy atom. The molecule has 1 aromatic carbocycles. The summed E-state index contributed by atoms with van der Waals surface area (Å²) >= 11 is 7.14. The number of thioether (sulfide) groups is 1. The first-order valence-corrected chi connectivity index (χ1v) is 10.9. The predicted octanol–water partition coefficient (Wildman–Crippen LogP) is 3.96. The van der Waals surface area contributed by atoms with E-state index in [1.54, 1.807) is 29.2 Å². The molecule has 2 aliphatic heterocycles. The van der Waals surface area contributed by atoms with Crippen LogP contribution >= 0.6 is 23.4 Å². The molecular formula is C21H23ClN2O5S. The lowest BCUT2D eigenvalue weighted by atomic mass is 10.1. The smallest absolute Gasteiger partial charge is 0.294 e. The van der Waals surface area contributed by atoms with E-state index in [1.807, 2.05) is 6.92 Å². The zero-order chi connectivity index (χ0) is 21.7. The van der Waals surface area contributed by atoms with Gasteiger partial charge in [0.25, 0.3) is 11.1 Å². The molecule has 0 bridgehead atoms. The van der Waals surface area contributed by atoms with Gasteiger partial charge in [-0.3, -0.25) is 19.3 Å². The van der Waals surface area contributed by atoms with Crippen molar-refractivity contribution in [1.29, 1.82) is 0 Å². The van der Waals surface area contributed by atoms with E-state index < -0.39 is 11.1 Å². The van der Waals surface area contributed by atoms with Crippen molar-refractivity contribution in [3.63, 3.8) is 0 Å². The van der Waals surface area contributed by atoms with Gasteiger partial charge in [-0.25, -0.2) is 0 Å². The maximum atomic E-state index is 12.7. The molecule has 0 spiro atoms. The molecule has 9 heteroatoms. The molecule has 0 saturated carbocycles. The zero-order valence-corrected chi connectivity index (χ0v) is 18.3. The third-order valence-corrected chi connectivity index (χ3v) is 5.79. The van der Waals surface area contributed by atoms with Crippen LogP contribution in [0.1, 0.15) is 25.3 Å². The van der Waals surface area contributed by atoms with Crippen LogP contribution < -0.4 is 9.47 Å². The van der Waals surface area contributed by atoms with E-state index in [1.165, 1.54) is 0 Å². The van der Waals surface area contributed by atoms with Gasteiger partial charge in [-0.2, -0.15) is 0 Å². The first kappa shape index (κ1) is 22.2. The van der Waals surface area contributed by atoms with Crippen molar-refractivity contribution >= 4 is 46.5 Å². The minimum absolute atomic E-state index is 0.207. The maximum absolute atomic E-state index is 12.7. The number of hydrogen-bond donors (Lipinski definition) is 0. The Kier molecular flexibility index (Phi) is 7.44. The van der Waals surface area contributed by atoms with E-state index in [-0.39, 0.29) is 24.0 Å². The van der Waals surface area contributed by atoms with E-state index in [9.17, 15) is 14.4 Å². The molecule has 3 rings (SSSR count). The fraction of sp³-hybridized carbons (Fsp3) is 0.381. The van der Waals surface area contributed by atoms with Gasteiger partial charge in [-0.15, -0.1) is 0 Å². The van der Waals surface area contributed by atoms with Crippen molar-refractivity contribution in [2.24, 2.45) is 0 Å². The lowest BCUT2D eigenvalue weighted by molar-refractivity contribution is -0.135. The van der Waals surface area contributed by atoms with Gasteiger partial charge in [-0.05, 0) is 55.3 Å². The molecule has 0 aromatic heterocycles. The standard InChI is InChI=1S/C21H23ClN2O5S/c1-3-9-29-19-15(22)10-14(11-16(19)28-4-2)12-17-20(26)24(21(27)30-17)13-18(25)23-7-5-6-8-23/h3,10-12H,1,4-9,13H2,2H3/b17-12-. The molecule has 0 N–H and O–H groups in total. The Hall–Kier alpha value is -2.45. The Bertz CT molecular complexity index is 896. The third kappa shape index (κ3) is 4.99. The first-order valence-electron chi connectivity index (χ1n) is 9.67. The largest absolute Gasteiger partial charge is 0.490 e. The van der Waals surface area contributed by atoms with Gasteiger partial charge >= 0.3 is 0 Å². The summed E-state index contributed by atoms with van der Waals surface area (Å²) in [6.45, 7) is 7.22. The van der Waals surface area contributed by atoms with Crippen LogP contribution in [0.4, 0.5) is 4.79 Å². The number of rotatable bonds is 8. The van der Waals surface area contributed by atoms with Crippen molar-refractivity contribution in [3.8, 4) is 11.5 Å². The summed E-state index contributed by atoms with van der Waals surface area (Å²) in [4.78, 5) is 40.3. The van der Waals surface area contributed by atoms with Crippen LogP contribution in [0.25, 0.3) is 6.08 Å². The second-order valence-corrected chi connectivity index (χ2v) is 8.12. The number of likely N-dealkylation sites (tertiary alicyclic amines) is 1. The second kappa shape index (κ2) is 10.0. The van der Waals surface area contributed by atoms with Crippen LogP contribution in [-0.2, 0) is 9.59 Å². The summed E-state index contributed by atoms with van der Waals surface area (Å²) < 4.78 is 11.2. The molecule has 2 aliphatic rings. The van der Waals surface area contributed by atoms with Gasteiger partial charge in [0, 0.05) is 13.1 Å². The first-order chi connectivity index (χ1) is 14.4. The van der Waals surface area contributed by atoms with Gasteiger partial charge < -0.3 is 14.4 Å². The van der Waals surface area contributed by atoms with Crippen LogP contribution in [0, 0.1) is 0 Å². The molecule has 1 aromatic rings. The normalized spacial score (nSPS) is 17.7. The Balaban J connectivity index is 1.80. The molecule has 2 fully saturated rings. The van der Waals surface area contributed by atoms with Crippen molar-refractivity contribution in [2.45, 2.75) is 19.8 Å². The SMILES string of the molecule is C=CCOc1c(Cl)cc(/C=C2\SC(=O)N(CC(=O)N3CCCC3)C2=O)cc1OCC. The fourth-order valence-corrected chi connectivity index (χ4v) is 4.32. The number of carbonyl (C=O) groups is 3. The van der Waals surface area contributed by atoms with Crippen molar-refractivity contribution in [1.82, 2.24) is 9.80 Å². The summed E-state index contributed by atoms with van der Waals surface area (Å²) in [6.07, 6.45) is 5.06. The number of imide groups is 1. The zero-order valence-electron chi connectivity index (χ0n) is 16.7. The molecule has 0 unspecified atom stereocenters. The van der Waals surface area contributed by atoms with E-state index >= 15 is 0 Å². The number of carbonyl (C=O) groups excluding carboxylic acids is 3. The summed E-state index contributed by atoms with van der Waals surface area (Å²) in [7, 11) is 0. The molecule has 30 heavy (non-hydrogen) atoms. The second-order valence-electron chi connectivity index (χ2n) is 6.72. The minimum Gasteiger partial charge on any atom is -0.490 e. The summed E-state index contributed by atoms with van der Waals surface area (Å²) in [5.74, 6) is 0.126. The summed E-state index contributed by atoms with van der Waals surface area (Å²) in [5.41, 5.74) is 0.589. The van der Waals surface area contributed by atoms with Gasteiger partial charge in [0.05, 0.1) is 16.5 Å². The molecule has 3 amide bonds. The van der Waals surface area contributed by atoms with Crippen LogP contribution in [-0.4, -0.2) is 59.7 Å². The molecule has 0 atom stereocenters. The Morgan fingerprint density at radius 1 is 1.27 bits per heavy atom. The van der Waals surface area contributed by atoms with Crippen LogP contribution in [0.5, 0.6) is 11.5 Å². The number of amides is 3. The topological polar surface area (TPSA) is 76.2 Å². The lowest BCUT2D eigenvalue weighted by Gasteiger charge is -2.18. The van der Waals surface area contributed by atoms with Crippen molar-refractivity contribution in [3.05, 3.63) is 40.3 Å². The highest BCUT2D eigenvalue weighted by Crippen LogP contribution is 2.39. The molecule has 0 radical (unpaired) electrons. The van der Waals surface area contributed by atoms with Crippen LogP contribution in [0.15, 0.2) is 29.7 Å². The maximum Gasteiger partial charge on any atom is 0.294 e. The monoisotopic (exact) mass is 450 g/mol. The van der Waals surface area contributed by atoms with E-state index in [4.69, 9.17) is 21.1 Å². The van der Waals surface area contributed by atoms with Gasteiger partial charge in [0.1, 0.15) is 13.2 Å². The molecule has 7 nitrogen and oxygen atoms in total. The minimum atomic E-state index is -0.487. The molecule has 2 saturated heterocycles. The summed E-state index contributed by atoms with van der Waals surface area (Å²) in [6, 6.07) is 3.32. The average Bonchev–Trinajstić information content (AvgIpc) is 3.33. The molecule has 160 valence electrons. The van der Waals surface area contributed by atoms with Gasteiger partial charge in [-0.1, -0.05) is 24.3 Å². The Labute approximate surface area is 184 Å². The molecule has 0 aliphatic carbocycles. The van der Waals surface area contributed by atoms with Crippen molar-refractivity contribution in [2.75, 3.05) is 32.8 Å². The van der Waals surface area contributed by atoms with Crippen LogP contribution in [0.3, 0.4) is 0 Å². The lowest BCUT2D eigenvalue weighted by Crippen LogP contribution is -2.40. The van der Waals surface area contributed by atoms with Crippen LogP contribution in [0.2, 0.25) is 5.02 Å². The highest BCUT2D eigenvalue weighted by Gasteiger charge is 2.37. The number of ether oxygens (including phenoxy) is 2. The Morgan fingerprint density at radius 2 is 2.00 bits per heavy atom. The van der Waals surface area contributed by atoms with E-state index in [0.717, 1.165) is 29.5 Å². The van der Waals surface area contributed by atoms with E-state index in [2.05, 4.69) is 6.58 Å². The van der Waals surface area contributed by atoms with Crippen molar-refractivity contribution < 1.29 is 23.9 Å². The number of benzene rings is 1. The third-order valence-electron chi connectivity index (χ3n) is 4.60. The predicted molar refractivity (Wildman–Crippen MR) is 117 cm³/mol. The van der Waals surface area contributed by atoms with Gasteiger partial charge in [0.2, 0.25) is 5.91 Å². The number of nitrogens with zero attached hydrogens (tertiary/aromatic N) is 2. The number of halogens is 1. The average molecular weight is 451 g/mol. The summed E-state index contributed by atoms with van der Waals surface area (Å²) in [5, 5.41) is -0.140. The quantitative estimate of drug-likeness (QED) is 0.440. The van der Waals surface area contributed by atoms with E-state index in [0.29, 0.717) is 41.8 Å². The molecule has 2 heterocycles. The van der Waals surface area contributed by atoms with Gasteiger partial charge in [0.15, 0.2) is 11.5 Å². The highest BCUT2D eigenvalue weighted by atomic mass is 35.5. The fourth-order valence-electron chi connectivity index (χ4n) is 3.21. The number of hydrogen-bond acceptors (Lipinski definition) is 6.